The molecule has 0 bridgehead atoms. The Balaban J connectivity index is 1.93. The first kappa shape index (κ1) is 15.9. The van der Waals surface area contributed by atoms with Crippen molar-refractivity contribution in [3.63, 3.8) is 0 Å². The fourth-order valence-corrected chi connectivity index (χ4v) is 2.14. The van der Waals surface area contributed by atoms with Crippen molar-refractivity contribution in [2.45, 2.75) is 12.5 Å². The van der Waals surface area contributed by atoms with Gasteiger partial charge in [-0.3, -0.25) is 4.90 Å². The van der Waals surface area contributed by atoms with Crippen molar-refractivity contribution in [3.05, 3.63) is 0 Å². The molecule has 0 aliphatic carbocycles. The fourth-order valence-electron chi connectivity index (χ4n) is 2.14. The van der Waals surface area contributed by atoms with E-state index in [4.69, 9.17) is 9.47 Å². The Kier molecular flexibility index (Phi) is 8.54. The lowest BCUT2D eigenvalue weighted by Gasteiger charge is -2.37. The largest absolute Gasteiger partial charge is 0.385 e. The smallest absolute Gasteiger partial charge is 0.0590 e. The molecule has 1 heterocycles. The van der Waals surface area contributed by atoms with Gasteiger partial charge in [-0.2, -0.15) is 0 Å². The van der Waals surface area contributed by atoms with Gasteiger partial charge in [0.15, 0.2) is 0 Å². The van der Waals surface area contributed by atoms with Gasteiger partial charge < -0.3 is 19.7 Å². The SMILES string of the molecule is COCCCOCCNCC1CN(C)CCN1C. The number of likely N-dealkylation sites (N-methyl/N-ethyl adjacent to an activating group) is 2. The number of hydrogen-bond donors (Lipinski definition) is 1. The van der Waals surface area contributed by atoms with Crippen LogP contribution in [-0.4, -0.2) is 89.6 Å². The molecule has 1 saturated heterocycles. The second kappa shape index (κ2) is 9.69. The second-order valence-corrected chi connectivity index (χ2v) is 5.06. The van der Waals surface area contributed by atoms with Gasteiger partial charge in [-0.25, -0.2) is 0 Å². The number of nitrogens with zero attached hydrogens (tertiary/aromatic N) is 2. The Bertz CT molecular complexity index is 205. The van der Waals surface area contributed by atoms with Crippen LogP contribution in [0.25, 0.3) is 0 Å². The highest BCUT2D eigenvalue weighted by Crippen LogP contribution is 2.04. The van der Waals surface area contributed by atoms with Crippen LogP contribution in [0.3, 0.4) is 0 Å². The highest BCUT2D eigenvalue weighted by atomic mass is 16.5. The summed E-state index contributed by atoms with van der Waals surface area (Å²) in [5.41, 5.74) is 0. The van der Waals surface area contributed by atoms with Crippen molar-refractivity contribution in [1.82, 2.24) is 15.1 Å². The molecule has 1 N–H and O–H groups in total. The summed E-state index contributed by atoms with van der Waals surface area (Å²) in [5, 5.41) is 3.47. The zero-order valence-corrected chi connectivity index (χ0v) is 12.2. The van der Waals surface area contributed by atoms with Crippen molar-refractivity contribution in [1.29, 1.82) is 0 Å². The molecule has 5 heteroatoms. The Hall–Kier alpha value is -0.200. The number of piperazine rings is 1. The van der Waals surface area contributed by atoms with E-state index >= 15 is 0 Å². The molecule has 1 aliphatic heterocycles. The van der Waals surface area contributed by atoms with E-state index in [0.717, 1.165) is 52.4 Å². The highest BCUT2D eigenvalue weighted by molar-refractivity contribution is 4.79. The van der Waals surface area contributed by atoms with Gasteiger partial charge in [0.1, 0.15) is 0 Å². The molecule has 0 radical (unpaired) electrons. The molecular weight excluding hydrogens is 230 g/mol. The minimum absolute atomic E-state index is 0.622. The third-order valence-electron chi connectivity index (χ3n) is 3.42. The minimum atomic E-state index is 0.622. The first-order chi connectivity index (χ1) is 8.74. The van der Waals surface area contributed by atoms with Crippen molar-refractivity contribution >= 4 is 0 Å². The quantitative estimate of drug-likeness (QED) is 0.584. The molecule has 1 unspecified atom stereocenters. The molecule has 0 amide bonds. The molecule has 18 heavy (non-hydrogen) atoms. The van der Waals surface area contributed by atoms with Crippen LogP contribution >= 0.6 is 0 Å². The molecule has 0 saturated carbocycles. The minimum Gasteiger partial charge on any atom is -0.385 e. The average molecular weight is 259 g/mol. The molecule has 5 nitrogen and oxygen atoms in total. The van der Waals surface area contributed by atoms with Crippen LogP contribution < -0.4 is 5.32 Å². The summed E-state index contributed by atoms with van der Waals surface area (Å²) in [4.78, 5) is 4.83. The lowest BCUT2D eigenvalue weighted by Crippen LogP contribution is -2.54. The summed E-state index contributed by atoms with van der Waals surface area (Å²) < 4.78 is 10.5. The van der Waals surface area contributed by atoms with Crippen molar-refractivity contribution in [2.24, 2.45) is 0 Å². The highest BCUT2D eigenvalue weighted by Gasteiger charge is 2.21. The van der Waals surface area contributed by atoms with Crippen LogP contribution in [0.5, 0.6) is 0 Å². The van der Waals surface area contributed by atoms with Crippen LogP contribution in [-0.2, 0) is 9.47 Å². The predicted molar refractivity (Wildman–Crippen MR) is 74.1 cm³/mol. The normalized spacial score (nSPS) is 22.5. The van der Waals surface area contributed by atoms with E-state index in [9.17, 15) is 0 Å². The van der Waals surface area contributed by atoms with Crippen molar-refractivity contribution in [2.75, 3.05) is 73.7 Å². The van der Waals surface area contributed by atoms with Gasteiger partial charge in [0, 0.05) is 59.1 Å². The lowest BCUT2D eigenvalue weighted by molar-refractivity contribution is 0.0956. The van der Waals surface area contributed by atoms with Crippen LogP contribution in [0.15, 0.2) is 0 Å². The Morgan fingerprint density at radius 1 is 1.17 bits per heavy atom. The molecule has 0 aromatic carbocycles. The lowest BCUT2D eigenvalue weighted by atomic mass is 10.2. The van der Waals surface area contributed by atoms with Gasteiger partial charge in [0.25, 0.3) is 0 Å². The summed E-state index contributed by atoms with van der Waals surface area (Å²) >= 11 is 0. The molecule has 0 spiro atoms. The second-order valence-electron chi connectivity index (χ2n) is 5.06. The average Bonchev–Trinajstić information content (AvgIpc) is 2.36. The third-order valence-corrected chi connectivity index (χ3v) is 3.42. The van der Waals surface area contributed by atoms with Gasteiger partial charge in [-0.05, 0) is 20.5 Å². The third kappa shape index (κ3) is 6.66. The van der Waals surface area contributed by atoms with Gasteiger partial charge in [-0.15, -0.1) is 0 Å². The van der Waals surface area contributed by atoms with E-state index in [1.165, 1.54) is 6.54 Å². The number of ether oxygens (including phenoxy) is 2. The first-order valence-electron chi connectivity index (χ1n) is 6.90. The molecule has 108 valence electrons. The number of methoxy groups -OCH3 is 1. The maximum Gasteiger partial charge on any atom is 0.0590 e. The van der Waals surface area contributed by atoms with Crippen LogP contribution in [0.1, 0.15) is 6.42 Å². The molecule has 1 fully saturated rings. The summed E-state index contributed by atoms with van der Waals surface area (Å²) in [6, 6.07) is 0.622. The van der Waals surface area contributed by atoms with Gasteiger partial charge in [0.05, 0.1) is 6.61 Å². The summed E-state index contributed by atoms with van der Waals surface area (Å²) in [5.74, 6) is 0. The summed E-state index contributed by atoms with van der Waals surface area (Å²) in [7, 11) is 6.12. The maximum atomic E-state index is 5.51. The molecular formula is C13H29N3O2. The standard InChI is InChI=1S/C13H29N3O2/c1-15-6-7-16(2)13(12-15)11-14-5-10-18-9-4-8-17-3/h13-14H,4-12H2,1-3H3. The van der Waals surface area contributed by atoms with E-state index < -0.39 is 0 Å². The van der Waals surface area contributed by atoms with Gasteiger partial charge in [0.2, 0.25) is 0 Å². The summed E-state index contributed by atoms with van der Waals surface area (Å²) in [6.07, 6.45) is 0.979. The zero-order chi connectivity index (χ0) is 13.2. The van der Waals surface area contributed by atoms with Crippen LogP contribution in [0.4, 0.5) is 0 Å². The van der Waals surface area contributed by atoms with Crippen LogP contribution in [0.2, 0.25) is 0 Å². The van der Waals surface area contributed by atoms with E-state index in [1.807, 2.05) is 0 Å². The number of rotatable bonds is 9. The van der Waals surface area contributed by atoms with Crippen molar-refractivity contribution < 1.29 is 9.47 Å². The molecule has 0 aromatic heterocycles. The van der Waals surface area contributed by atoms with E-state index in [1.54, 1.807) is 7.11 Å². The molecule has 0 aromatic rings. The molecule has 1 aliphatic rings. The van der Waals surface area contributed by atoms with E-state index in [-0.39, 0.29) is 0 Å². The maximum absolute atomic E-state index is 5.51. The van der Waals surface area contributed by atoms with Crippen molar-refractivity contribution in [3.8, 4) is 0 Å². The number of hydrogen-bond acceptors (Lipinski definition) is 5. The predicted octanol–water partition coefficient (Wildman–Crippen LogP) is -0.125. The van der Waals surface area contributed by atoms with E-state index in [0.29, 0.717) is 6.04 Å². The van der Waals surface area contributed by atoms with E-state index in [2.05, 4.69) is 29.2 Å². The Morgan fingerprint density at radius 3 is 2.78 bits per heavy atom. The fraction of sp³-hybridized carbons (Fsp3) is 1.00. The molecule has 1 rings (SSSR count). The van der Waals surface area contributed by atoms with Gasteiger partial charge >= 0.3 is 0 Å². The zero-order valence-electron chi connectivity index (χ0n) is 12.2. The van der Waals surface area contributed by atoms with Gasteiger partial charge in [-0.1, -0.05) is 0 Å². The Labute approximate surface area is 111 Å². The monoisotopic (exact) mass is 259 g/mol. The Morgan fingerprint density at radius 2 is 2.00 bits per heavy atom. The number of nitrogens with one attached hydrogen (secondary N) is 1. The molecule has 1 atom stereocenters. The summed E-state index contributed by atoms with van der Waals surface area (Å²) in [6.45, 7) is 7.83. The first-order valence-corrected chi connectivity index (χ1v) is 6.90. The van der Waals surface area contributed by atoms with Crippen LogP contribution in [0, 0.1) is 0 Å². The topological polar surface area (TPSA) is 37.0 Å².